The Morgan fingerprint density at radius 2 is 1.76 bits per heavy atom. The molecule has 1 atom stereocenters. The summed E-state index contributed by atoms with van der Waals surface area (Å²) in [6.45, 7) is 6.37. The molecule has 1 fully saturated rings. The van der Waals surface area contributed by atoms with Crippen molar-refractivity contribution in [3.63, 3.8) is 0 Å². The first-order chi connectivity index (χ1) is 18.6. The van der Waals surface area contributed by atoms with Gasteiger partial charge < -0.3 is 19.0 Å². The van der Waals surface area contributed by atoms with Crippen molar-refractivity contribution in [3.8, 4) is 17.1 Å². The minimum atomic E-state index is -0.181. The van der Waals surface area contributed by atoms with Gasteiger partial charge in [-0.2, -0.15) is 0 Å². The van der Waals surface area contributed by atoms with Gasteiger partial charge in [0.15, 0.2) is 12.4 Å². The summed E-state index contributed by atoms with van der Waals surface area (Å²) in [4.78, 5) is 28.2. The van der Waals surface area contributed by atoms with Crippen LogP contribution in [0.5, 0.6) is 5.75 Å². The van der Waals surface area contributed by atoms with Crippen LogP contribution in [-0.4, -0.2) is 65.5 Å². The van der Waals surface area contributed by atoms with Gasteiger partial charge in [0.25, 0.3) is 5.91 Å². The maximum atomic E-state index is 12.9. The molecule has 0 spiro atoms. The molecule has 0 aliphatic carbocycles. The molecule has 196 valence electrons. The SMILES string of the molecule is CC(c1ccco1)N(C)C(=O)COc1ccc(-c2ncccn2)cc1CN1CCN(c2ccccc2)CC1. The molecule has 1 unspecified atom stereocenters. The first kappa shape index (κ1) is 25.5. The van der Waals surface area contributed by atoms with Crippen LogP contribution >= 0.6 is 0 Å². The van der Waals surface area contributed by atoms with Crippen LogP contribution in [0.1, 0.15) is 24.3 Å². The van der Waals surface area contributed by atoms with Crippen molar-refractivity contribution in [2.24, 2.45) is 0 Å². The number of carbonyl (C=O) groups is 1. The summed E-state index contributed by atoms with van der Waals surface area (Å²) in [5.74, 6) is 1.98. The lowest BCUT2D eigenvalue weighted by Gasteiger charge is -2.36. The highest BCUT2D eigenvalue weighted by molar-refractivity contribution is 5.78. The third-order valence-corrected chi connectivity index (χ3v) is 7.05. The Hall–Kier alpha value is -4.17. The average Bonchev–Trinajstić information content (AvgIpc) is 3.52. The van der Waals surface area contributed by atoms with E-state index in [4.69, 9.17) is 9.15 Å². The van der Waals surface area contributed by atoms with E-state index in [0.717, 1.165) is 43.1 Å². The van der Waals surface area contributed by atoms with Gasteiger partial charge in [-0.1, -0.05) is 18.2 Å². The van der Waals surface area contributed by atoms with Crippen LogP contribution in [0.4, 0.5) is 5.69 Å². The zero-order valence-corrected chi connectivity index (χ0v) is 21.9. The Labute approximate surface area is 223 Å². The Balaban J connectivity index is 1.28. The maximum absolute atomic E-state index is 12.9. The molecule has 5 rings (SSSR count). The lowest BCUT2D eigenvalue weighted by molar-refractivity contribution is -0.134. The minimum absolute atomic E-state index is 0.0580. The molecule has 3 heterocycles. The van der Waals surface area contributed by atoms with Gasteiger partial charge in [-0.05, 0) is 55.5 Å². The molecule has 0 N–H and O–H groups in total. The zero-order valence-electron chi connectivity index (χ0n) is 21.9. The summed E-state index contributed by atoms with van der Waals surface area (Å²) < 4.78 is 11.6. The fourth-order valence-electron chi connectivity index (χ4n) is 4.65. The first-order valence-electron chi connectivity index (χ1n) is 12.9. The lowest BCUT2D eigenvalue weighted by Crippen LogP contribution is -2.46. The Morgan fingerprint density at radius 1 is 1.00 bits per heavy atom. The number of aromatic nitrogens is 2. The van der Waals surface area contributed by atoms with Crippen LogP contribution < -0.4 is 9.64 Å². The van der Waals surface area contributed by atoms with Gasteiger partial charge in [-0.3, -0.25) is 9.69 Å². The number of ether oxygens (including phenoxy) is 1. The predicted molar refractivity (Wildman–Crippen MR) is 147 cm³/mol. The number of carbonyl (C=O) groups excluding carboxylic acids is 1. The van der Waals surface area contributed by atoms with E-state index in [1.54, 1.807) is 36.7 Å². The number of hydrogen-bond donors (Lipinski definition) is 0. The quantitative estimate of drug-likeness (QED) is 0.324. The second-order valence-corrected chi connectivity index (χ2v) is 9.48. The molecule has 4 aromatic rings. The summed E-state index contributed by atoms with van der Waals surface area (Å²) in [6, 6.07) is 21.8. The number of benzene rings is 2. The molecule has 8 nitrogen and oxygen atoms in total. The predicted octanol–water partition coefficient (Wildman–Crippen LogP) is 4.66. The van der Waals surface area contributed by atoms with E-state index in [1.165, 1.54) is 5.69 Å². The summed E-state index contributed by atoms with van der Waals surface area (Å²) in [5, 5.41) is 0. The molecule has 2 aromatic heterocycles. The monoisotopic (exact) mass is 511 g/mol. The fraction of sp³-hybridized carbons (Fsp3) is 0.300. The van der Waals surface area contributed by atoms with Crippen molar-refractivity contribution in [2.75, 3.05) is 44.7 Å². The van der Waals surface area contributed by atoms with Gasteiger partial charge in [0.05, 0.1) is 12.3 Å². The average molecular weight is 512 g/mol. The van der Waals surface area contributed by atoms with Crippen LogP contribution in [0.2, 0.25) is 0 Å². The van der Waals surface area contributed by atoms with Crippen molar-refractivity contribution >= 4 is 11.6 Å². The van der Waals surface area contributed by atoms with Crippen molar-refractivity contribution in [3.05, 3.63) is 96.7 Å². The molecule has 38 heavy (non-hydrogen) atoms. The standard InChI is InChI=1S/C30H33N5O3/c1-23(27-10-6-19-37-27)33(2)29(36)22-38-28-12-11-24(30-31-13-7-14-32-30)20-25(28)21-34-15-17-35(18-16-34)26-8-4-3-5-9-26/h3-14,19-20,23H,15-18,21-22H2,1-2H3. The molecule has 1 amide bonds. The highest BCUT2D eigenvalue weighted by Gasteiger charge is 2.22. The third kappa shape index (κ3) is 6.03. The van der Waals surface area contributed by atoms with E-state index >= 15 is 0 Å². The van der Waals surface area contributed by atoms with E-state index in [0.29, 0.717) is 18.1 Å². The minimum Gasteiger partial charge on any atom is -0.483 e. The number of piperazine rings is 1. The number of rotatable bonds is 9. The van der Waals surface area contributed by atoms with E-state index < -0.39 is 0 Å². The molecule has 2 aromatic carbocycles. The third-order valence-electron chi connectivity index (χ3n) is 7.05. The van der Waals surface area contributed by atoms with Gasteiger partial charge in [0.1, 0.15) is 11.5 Å². The van der Waals surface area contributed by atoms with Gasteiger partial charge in [0, 0.05) is 69.0 Å². The van der Waals surface area contributed by atoms with Crippen molar-refractivity contribution < 1.29 is 13.9 Å². The van der Waals surface area contributed by atoms with E-state index in [-0.39, 0.29) is 18.6 Å². The zero-order chi connectivity index (χ0) is 26.3. The molecular formula is C30H33N5O3. The van der Waals surface area contributed by atoms with Gasteiger partial charge in [-0.25, -0.2) is 9.97 Å². The topological polar surface area (TPSA) is 74.9 Å². The fourth-order valence-corrected chi connectivity index (χ4v) is 4.65. The number of likely N-dealkylation sites (N-methyl/N-ethyl adjacent to an activating group) is 1. The summed E-state index contributed by atoms with van der Waals surface area (Å²) in [5.41, 5.74) is 3.19. The smallest absolute Gasteiger partial charge is 0.260 e. The molecule has 0 saturated carbocycles. The lowest BCUT2D eigenvalue weighted by atomic mass is 10.1. The molecule has 1 aliphatic heterocycles. The Morgan fingerprint density at radius 3 is 2.47 bits per heavy atom. The van der Waals surface area contributed by atoms with Gasteiger partial charge >= 0.3 is 0 Å². The normalized spacial score (nSPS) is 14.7. The number of anilines is 1. The second kappa shape index (κ2) is 11.9. The van der Waals surface area contributed by atoms with Crippen LogP contribution in [-0.2, 0) is 11.3 Å². The van der Waals surface area contributed by atoms with Crippen molar-refractivity contribution in [1.29, 1.82) is 0 Å². The maximum Gasteiger partial charge on any atom is 0.260 e. The number of amides is 1. The van der Waals surface area contributed by atoms with E-state index in [1.807, 2.05) is 37.3 Å². The first-order valence-corrected chi connectivity index (χ1v) is 12.9. The highest BCUT2D eigenvalue weighted by Crippen LogP contribution is 2.28. The number of para-hydroxylation sites is 1. The molecule has 0 radical (unpaired) electrons. The molecule has 8 heteroatoms. The number of furan rings is 1. The van der Waals surface area contributed by atoms with Crippen molar-refractivity contribution in [2.45, 2.75) is 19.5 Å². The largest absolute Gasteiger partial charge is 0.483 e. The summed E-state index contributed by atoms with van der Waals surface area (Å²) in [7, 11) is 1.77. The molecule has 0 bridgehead atoms. The van der Waals surface area contributed by atoms with Crippen LogP contribution in [0.3, 0.4) is 0 Å². The van der Waals surface area contributed by atoms with Crippen molar-refractivity contribution in [1.82, 2.24) is 19.8 Å². The molecule has 1 saturated heterocycles. The highest BCUT2D eigenvalue weighted by atomic mass is 16.5. The van der Waals surface area contributed by atoms with E-state index in [9.17, 15) is 4.79 Å². The van der Waals surface area contributed by atoms with Gasteiger partial charge in [-0.15, -0.1) is 0 Å². The Kier molecular flexibility index (Phi) is 7.99. The molecular weight excluding hydrogens is 478 g/mol. The van der Waals surface area contributed by atoms with E-state index in [2.05, 4.69) is 50.1 Å². The number of nitrogens with zero attached hydrogens (tertiary/aromatic N) is 5. The van der Waals surface area contributed by atoms with Crippen LogP contribution in [0.25, 0.3) is 11.4 Å². The second-order valence-electron chi connectivity index (χ2n) is 9.48. The van der Waals surface area contributed by atoms with Gasteiger partial charge in [0.2, 0.25) is 0 Å². The number of hydrogen-bond acceptors (Lipinski definition) is 7. The van der Waals surface area contributed by atoms with Crippen LogP contribution in [0, 0.1) is 0 Å². The molecule has 1 aliphatic rings. The van der Waals surface area contributed by atoms with Crippen LogP contribution in [0.15, 0.2) is 89.8 Å². The Bertz CT molecular complexity index is 1310. The summed E-state index contributed by atoms with van der Waals surface area (Å²) >= 11 is 0. The summed E-state index contributed by atoms with van der Waals surface area (Å²) in [6.07, 6.45) is 5.10.